The normalized spacial score (nSPS) is 21.9. The molecule has 1 saturated heterocycles. The Bertz CT molecular complexity index is 669. The molecule has 4 heteroatoms. The maximum absolute atomic E-state index is 12.9. The zero-order valence-corrected chi connectivity index (χ0v) is 21.1. The van der Waals surface area contributed by atoms with Gasteiger partial charge in [-0.05, 0) is 66.3 Å². The summed E-state index contributed by atoms with van der Waals surface area (Å²) in [5.74, 6) is -0.0922. The van der Waals surface area contributed by atoms with Crippen LogP contribution in [0.15, 0.2) is 16.1 Å². The summed E-state index contributed by atoms with van der Waals surface area (Å²) in [7, 11) is 2.17. The van der Waals surface area contributed by atoms with Gasteiger partial charge >= 0.3 is 0 Å². The van der Waals surface area contributed by atoms with Gasteiger partial charge in [-0.3, -0.25) is 14.5 Å². The molecule has 2 heterocycles. The quantitative estimate of drug-likeness (QED) is 0.325. The van der Waals surface area contributed by atoms with Crippen LogP contribution in [0, 0.1) is 5.92 Å². The first-order valence-corrected chi connectivity index (χ1v) is 12.7. The van der Waals surface area contributed by atoms with Crippen molar-refractivity contribution in [1.29, 1.82) is 0 Å². The average molecular weight is 431 g/mol. The van der Waals surface area contributed by atoms with E-state index in [4.69, 9.17) is 0 Å². The number of unbranched alkanes of at least 4 members (excludes halogenated alkanes) is 9. The van der Waals surface area contributed by atoms with Crippen molar-refractivity contribution in [2.24, 2.45) is 10.9 Å². The predicted molar refractivity (Wildman–Crippen MR) is 131 cm³/mol. The molecular formula is C27H46N2O2. The molecular weight excluding hydrogens is 384 g/mol. The number of amides is 1. The van der Waals surface area contributed by atoms with Gasteiger partial charge < -0.3 is 0 Å². The monoisotopic (exact) mass is 430 g/mol. The number of likely N-dealkylation sites (tertiary alicyclic amines) is 1. The number of aliphatic imine (C=N–C) groups is 1. The maximum Gasteiger partial charge on any atom is 0.273 e. The number of nitrogens with zero attached hydrogens (tertiary/aromatic N) is 2. The molecule has 0 atom stereocenters. The van der Waals surface area contributed by atoms with E-state index in [1.54, 1.807) is 0 Å². The molecule has 176 valence electrons. The van der Waals surface area contributed by atoms with Crippen molar-refractivity contribution in [3.63, 3.8) is 0 Å². The molecule has 1 fully saturated rings. The number of ketones is 1. The van der Waals surface area contributed by atoms with Crippen LogP contribution in [0.5, 0.6) is 0 Å². The lowest BCUT2D eigenvalue weighted by molar-refractivity contribution is -0.117. The highest BCUT2D eigenvalue weighted by Crippen LogP contribution is 2.44. The van der Waals surface area contributed by atoms with Crippen LogP contribution in [0.25, 0.3) is 0 Å². The van der Waals surface area contributed by atoms with E-state index in [2.05, 4.69) is 51.6 Å². The van der Waals surface area contributed by atoms with Gasteiger partial charge in [-0.1, -0.05) is 64.7 Å². The van der Waals surface area contributed by atoms with Crippen LogP contribution < -0.4 is 0 Å². The third kappa shape index (κ3) is 7.10. The summed E-state index contributed by atoms with van der Waals surface area (Å²) in [6, 6.07) is 0. The molecule has 1 amide bonds. The highest BCUT2D eigenvalue weighted by atomic mass is 16.2. The molecule has 0 N–H and O–H groups in total. The summed E-state index contributed by atoms with van der Waals surface area (Å²) in [5, 5.41) is 0. The summed E-state index contributed by atoms with van der Waals surface area (Å²) < 4.78 is 0. The largest absolute Gasteiger partial charge is 0.296 e. The fraction of sp³-hybridized carbons (Fsp3) is 0.815. The lowest BCUT2D eigenvalue weighted by Crippen LogP contribution is -2.59. The topological polar surface area (TPSA) is 49.7 Å². The van der Waals surface area contributed by atoms with E-state index in [0.717, 1.165) is 31.3 Å². The standard InChI is InChI=1S/C27H46N2O2/c1-7-8-9-10-11-12-13-14-15-16-17-22-24(23(30)20-28-25(22)31)21-18-26(2,3)29(6)27(4,5)19-21/h20-21H,7-19H2,1-6H3. The first-order chi connectivity index (χ1) is 14.6. The number of rotatable bonds is 12. The minimum atomic E-state index is -0.180. The second-order valence-electron chi connectivity index (χ2n) is 11.0. The van der Waals surface area contributed by atoms with E-state index in [1.807, 2.05) is 0 Å². The van der Waals surface area contributed by atoms with Crippen molar-refractivity contribution < 1.29 is 9.59 Å². The number of Topliss-reactive ketones (excluding diaryl/α,β-unsaturated/α-hetero) is 1. The smallest absolute Gasteiger partial charge is 0.273 e. The third-order valence-electron chi connectivity index (χ3n) is 7.64. The van der Waals surface area contributed by atoms with Gasteiger partial charge in [0.1, 0.15) is 0 Å². The van der Waals surface area contributed by atoms with E-state index in [0.29, 0.717) is 12.0 Å². The van der Waals surface area contributed by atoms with E-state index in [9.17, 15) is 9.59 Å². The van der Waals surface area contributed by atoms with Crippen molar-refractivity contribution >= 4 is 17.9 Å². The van der Waals surface area contributed by atoms with Crippen molar-refractivity contribution in [3.05, 3.63) is 11.1 Å². The van der Waals surface area contributed by atoms with Gasteiger partial charge in [-0.15, -0.1) is 0 Å². The third-order valence-corrected chi connectivity index (χ3v) is 7.64. The molecule has 2 aliphatic heterocycles. The molecule has 2 rings (SSSR count). The Labute approximate surface area is 191 Å². The Balaban J connectivity index is 1.95. The molecule has 0 saturated carbocycles. The van der Waals surface area contributed by atoms with Gasteiger partial charge in [0.2, 0.25) is 5.78 Å². The summed E-state index contributed by atoms with van der Waals surface area (Å²) in [5.41, 5.74) is 1.44. The van der Waals surface area contributed by atoms with E-state index < -0.39 is 0 Å². The minimum Gasteiger partial charge on any atom is -0.296 e. The highest BCUT2D eigenvalue weighted by Gasteiger charge is 2.46. The van der Waals surface area contributed by atoms with Gasteiger partial charge in [0.15, 0.2) is 0 Å². The van der Waals surface area contributed by atoms with E-state index in [1.165, 1.54) is 57.6 Å². The van der Waals surface area contributed by atoms with Crippen molar-refractivity contribution in [3.8, 4) is 0 Å². The van der Waals surface area contributed by atoms with Gasteiger partial charge in [0, 0.05) is 22.2 Å². The molecule has 0 aromatic heterocycles. The lowest BCUT2D eigenvalue weighted by Gasteiger charge is -2.54. The lowest BCUT2D eigenvalue weighted by atomic mass is 9.69. The van der Waals surface area contributed by atoms with Crippen LogP contribution in [0.4, 0.5) is 0 Å². The summed E-state index contributed by atoms with van der Waals surface area (Å²) >= 11 is 0. The predicted octanol–water partition coefficient (Wildman–Crippen LogP) is 6.67. The molecule has 0 bridgehead atoms. The van der Waals surface area contributed by atoms with Gasteiger partial charge in [-0.2, -0.15) is 0 Å². The maximum atomic E-state index is 12.9. The Morgan fingerprint density at radius 2 is 1.35 bits per heavy atom. The Morgan fingerprint density at radius 1 is 0.871 bits per heavy atom. The number of carbonyl (C=O) groups is 2. The first-order valence-electron chi connectivity index (χ1n) is 12.7. The van der Waals surface area contributed by atoms with Crippen molar-refractivity contribution in [2.75, 3.05) is 7.05 Å². The first kappa shape index (κ1) is 26.0. The summed E-state index contributed by atoms with van der Waals surface area (Å²) in [4.78, 5) is 31.8. The second-order valence-corrected chi connectivity index (χ2v) is 11.0. The number of piperidine rings is 1. The van der Waals surface area contributed by atoms with Crippen LogP contribution in [-0.2, 0) is 9.59 Å². The molecule has 2 aliphatic rings. The van der Waals surface area contributed by atoms with Crippen LogP contribution in [0.2, 0.25) is 0 Å². The summed E-state index contributed by atoms with van der Waals surface area (Å²) in [6.45, 7) is 11.2. The number of hydrogen-bond donors (Lipinski definition) is 0. The van der Waals surface area contributed by atoms with Crippen LogP contribution in [0.3, 0.4) is 0 Å². The molecule has 0 aromatic carbocycles. The van der Waals surface area contributed by atoms with Crippen molar-refractivity contribution in [2.45, 2.75) is 129 Å². The van der Waals surface area contributed by atoms with Crippen LogP contribution in [-0.4, -0.2) is 40.9 Å². The second kappa shape index (κ2) is 11.5. The van der Waals surface area contributed by atoms with E-state index >= 15 is 0 Å². The fourth-order valence-electron chi connectivity index (χ4n) is 5.58. The molecule has 0 radical (unpaired) electrons. The van der Waals surface area contributed by atoms with Crippen LogP contribution in [0.1, 0.15) is 118 Å². The van der Waals surface area contributed by atoms with Crippen molar-refractivity contribution in [1.82, 2.24) is 4.90 Å². The zero-order chi connectivity index (χ0) is 23.1. The number of carbonyl (C=O) groups excluding carboxylic acids is 2. The fourth-order valence-corrected chi connectivity index (χ4v) is 5.58. The van der Waals surface area contributed by atoms with Gasteiger partial charge in [0.05, 0.1) is 6.21 Å². The molecule has 0 spiro atoms. The van der Waals surface area contributed by atoms with E-state index in [-0.39, 0.29) is 28.7 Å². The molecule has 0 unspecified atom stereocenters. The molecule has 31 heavy (non-hydrogen) atoms. The molecule has 0 aliphatic carbocycles. The minimum absolute atomic E-state index is 0.0143. The Morgan fingerprint density at radius 3 is 1.87 bits per heavy atom. The molecule has 4 nitrogen and oxygen atoms in total. The van der Waals surface area contributed by atoms with Gasteiger partial charge in [0.25, 0.3) is 5.91 Å². The molecule has 0 aromatic rings. The number of hydrogen-bond acceptors (Lipinski definition) is 3. The zero-order valence-electron chi connectivity index (χ0n) is 21.1. The number of allylic oxidation sites excluding steroid dienone is 1. The summed E-state index contributed by atoms with van der Waals surface area (Å²) in [6.07, 6.45) is 16.4. The Kier molecular flexibility index (Phi) is 9.66. The highest BCUT2D eigenvalue weighted by molar-refractivity contribution is 6.40. The van der Waals surface area contributed by atoms with Crippen LogP contribution >= 0.6 is 0 Å². The Hall–Kier alpha value is -1.29. The SMILES string of the molecule is CCCCCCCCCCCCC1=C(C2CC(C)(C)N(C)C(C)(C)C2)C(=O)C=NC1=O. The average Bonchev–Trinajstić information content (AvgIpc) is 2.69. The van der Waals surface area contributed by atoms with Gasteiger partial charge in [-0.25, -0.2) is 4.99 Å². The number of dihydropyridines is 1.